The summed E-state index contributed by atoms with van der Waals surface area (Å²) in [6, 6.07) is 18.4. The van der Waals surface area contributed by atoms with E-state index in [4.69, 9.17) is 5.26 Å². The van der Waals surface area contributed by atoms with E-state index in [9.17, 15) is 8.42 Å². The topological polar surface area (TPSA) is 70.0 Å². The number of nitrogens with zero attached hydrogens (tertiary/aromatic N) is 1. The summed E-state index contributed by atoms with van der Waals surface area (Å²) in [5.74, 6) is -0.175. The van der Waals surface area contributed by atoms with Crippen molar-refractivity contribution >= 4 is 10.0 Å². The van der Waals surface area contributed by atoms with Gasteiger partial charge in [-0.2, -0.15) is 5.26 Å². The van der Waals surface area contributed by atoms with E-state index >= 15 is 0 Å². The van der Waals surface area contributed by atoms with Crippen molar-refractivity contribution in [1.29, 1.82) is 5.26 Å². The third-order valence-electron chi connectivity index (χ3n) is 3.06. The van der Waals surface area contributed by atoms with Gasteiger partial charge in [0.05, 0.1) is 17.4 Å². The molecule has 0 bridgehead atoms. The lowest BCUT2D eigenvalue weighted by Crippen LogP contribution is -2.27. The molecule has 0 heterocycles. The maximum atomic E-state index is 12.0. The van der Waals surface area contributed by atoms with Crippen LogP contribution >= 0.6 is 0 Å². The highest BCUT2D eigenvalue weighted by molar-refractivity contribution is 7.88. The fraction of sp³-hybridized carbons (Fsp3) is 0.188. The molecule has 0 fully saturated rings. The van der Waals surface area contributed by atoms with Crippen LogP contribution in [0.2, 0.25) is 0 Å². The molecule has 0 aromatic heterocycles. The van der Waals surface area contributed by atoms with E-state index in [2.05, 4.69) is 4.72 Å². The Morgan fingerprint density at radius 3 is 2.38 bits per heavy atom. The molecule has 5 heteroatoms. The highest BCUT2D eigenvalue weighted by Gasteiger charge is 2.13. The molecule has 0 aliphatic carbocycles. The Morgan fingerprint density at radius 1 is 1.00 bits per heavy atom. The van der Waals surface area contributed by atoms with E-state index in [1.54, 1.807) is 24.3 Å². The first-order valence-corrected chi connectivity index (χ1v) is 8.25. The first-order chi connectivity index (χ1) is 10.1. The lowest BCUT2D eigenvalue weighted by molar-refractivity contribution is 0.580. The second kappa shape index (κ2) is 7.02. The molecule has 0 saturated carbocycles. The summed E-state index contributed by atoms with van der Waals surface area (Å²) in [6.07, 6.45) is 0.639. The highest BCUT2D eigenvalue weighted by Crippen LogP contribution is 2.11. The molecule has 0 unspecified atom stereocenters. The zero-order valence-corrected chi connectivity index (χ0v) is 12.3. The number of benzene rings is 2. The number of nitriles is 1. The molecule has 0 radical (unpaired) electrons. The van der Waals surface area contributed by atoms with Crippen LogP contribution in [0.15, 0.2) is 54.6 Å². The molecule has 21 heavy (non-hydrogen) atoms. The molecule has 0 spiro atoms. The van der Waals surface area contributed by atoms with Gasteiger partial charge < -0.3 is 0 Å². The summed E-state index contributed by atoms with van der Waals surface area (Å²) in [5.41, 5.74) is 2.00. The molecule has 2 aromatic rings. The number of hydrogen-bond donors (Lipinski definition) is 1. The van der Waals surface area contributed by atoms with Crippen molar-refractivity contribution in [2.45, 2.75) is 12.2 Å². The molecule has 0 atom stereocenters. The zero-order valence-electron chi connectivity index (χ0n) is 11.5. The maximum absolute atomic E-state index is 12.0. The Morgan fingerprint density at radius 2 is 1.67 bits per heavy atom. The minimum absolute atomic E-state index is 0.175. The van der Waals surface area contributed by atoms with Crippen LogP contribution in [0.4, 0.5) is 0 Å². The molecule has 0 aliphatic heterocycles. The molecule has 0 aliphatic rings. The summed E-state index contributed by atoms with van der Waals surface area (Å²) < 4.78 is 26.6. The van der Waals surface area contributed by atoms with Gasteiger partial charge in [0.25, 0.3) is 0 Å². The van der Waals surface area contributed by atoms with E-state index in [0.717, 1.165) is 5.56 Å². The van der Waals surface area contributed by atoms with E-state index in [1.165, 1.54) is 0 Å². The van der Waals surface area contributed by atoms with Crippen LogP contribution in [-0.2, 0) is 22.2 Å². The average molecular weight is 300 g/mol. The normalized spacial score (nSPS) is 11.0. The Labute approximate surface area is 125 Å². The predicted molar refractivity (Wildman–Crippen MR) is 81.9 cm³/mol. The Hall–Kier alpha value is -2.16. The Balaban J connectivity index is 1.95. The van der Waals surface area contributed by atoms with Crippen LogP contribution in [0.5, 0.6) is 0 Å². The second-order valence-electron chi connectivity index (χ2n) is 4.66. The third kappa shape index (κ3) is 4.71. The van der Waals surface area contributed by atoms with Gasteiger partial charge in [0, 0.05) is 6.54 Å². The van der Waals surface area contributed by atoms with Crippen molar-refractivity contribution in [3.8, 4) is 6.07 Å². The molecule has 0 saturated heterocycles. The van der Waals surface area contributed by atoms with Gasteiger partial charge in [-0.15, -0.1) is 0 Å². The second-order valence-corrected chi connectivity index (χ2v) is 6.46. The molecular weight excluding hydrogens is 284 g/mol. The molecule has 2 rings (SSSR count). The van der Waals surface area contributed by atoms with Crippen molar-refractivity contribution in [1.82, 2.24) is 4.72 Å². The largest absolute Gasteiger partial charge is 0.215 e. The van der Waals surface area contributed by atoms with Crippen LogP contribution in [0.3, 0.4) is 0 Å². The van der Waals surface area contributed by atoms with Crippen molar-refractivity contribution in [2.24, 2.45) is 0 Å². The van der Waals surface area contributed by atoms with E-state index in [-0.39, 0.29) is 5.75 Å². The third-order valence-corrected chi connectivity index (χ3v) is 4.40. The van der Waals surface area contributed by atoms with Gasteiger partial charge in [0.1, 0.15) is 0 Å². The van der Waals surface area contributed by atoms with Crippen LogP contribution in [0, 0.1) is 11.3 Å². The van der Waals surface area contributed by atoms with Gasteiger partial charge in [-0.25, -0.2) is 13.1 Å². The van der Waals surface area contributed by atoms with Crippen molar-refractivity contribution in [3.63, 3.8) is 0 Å². The first-order valence-electron chi connectivity index (χ1n) is 6.60. The lowest BCUT2D eigenvalue weighted by Gasteiger charge is -2.08. The molecule has 0 amide bonds. The number of hydrogen-bond acceptors (Lipinski definition) is 3. The van der Waals surface area contributed by atoms with Gasteiger partial charge in [0.15, 0.2) is 0 Å². The molecule has 2 aromatic carbocycles. The van der Waals surface area contributed by atoms with Crippen LogP contribution in [0.1, 0.15) is 16.7 Å². The fourth-order valence-corrected chi connectivity index (χ4v) is 3.18. The van der Waals surface area contributed by atoms with Crippen LogP contribution in [-0.4, -0.2) is 15.0 Å². The zero-order chi connectivity index (χ0) is 15.1. The average Bonchev–Trinajstić information content (AvgIpc) is 2.48. The maximum Gasteiger partial charge on any atom is 0.215 e. The SMILES string of the molecule is N#Cc1ccccc1CS(=O)(=O)NCCc1ccccc1. The van der Waals surface area contributed by atoms with Crippen LogP contribution in [0.25, 0.3) is 0 Å². The standard InChI is InChI=1S/C16H16N2O2S/c17-12-15-8-4-5-9-16(15)13-21(19,20)18-11-10-14-6-2-1-3-7-14/h1-9,18H,10-11,13H2. The smallest absolute Gasteiger partial charge is 0.215 e. The minimum Gasteiger partial charge on any atom is -0.215 e. The van der Waals surface area contributed by atoms with Crippen molar-refractivity contribution in [3.05, 3.63) is 71.3 Å². The van der Waals surface area contributed by atoms with E-state index in [1.807, 2.05) is 36.4 Å². The van der Waals surface area contributed by atoms with Gasteiger partial charge in [-0.05, 0) is 23.6 Å². The Kier molecular flexibility index (Phi) is 5.09. The van der Waals surface area contributed by atoms with Gasteiger partial charge in [0.2, 0.25) is 10.0 Å². The first kappa shape index (κ1) is 15.2. The summed E-state index contributed by atoms with van der Waals surface area (Å²) in [5, 5.41) is 8.97. The summed E-state index contributed by atoms with van der Waals surface area (Å²) in [7, 11) is -3.44. The monoisotopic (exact) mass is 300 g/mol. The van der Waals surface area contributed by atoms with Gasteiger partial charge in [-0.3, -0.25) is 0 Å². The van der Waals surface area contributed by atoms with Crippen LogP contribution < -0.4 is 4.72 Å². The van der Waals surface area contributed by atoms with Gasteiger partial charge >= 0.3 is 0 Å². The molecular formula is C16H16N2O2S. The van der Waals surface area contributed by atoms with Gasteiger partial charge in [-0.1, -0.05) is 48.5 Å². The number of nitrogens with one attached hydrogen (secondary N) is 1. The quantitative estimate of drug-likeness (QED) is 0.889. The predicted octanol–water partition coefficient (Wildman–Crippen LogP) is 2.22. The minimum atomic E-state index is -3.44. The summed E-state index contributed by atoms with van der Waals surface area (Å²) in [4.78, 5) is 0. The molecule has 4 nitrogen and oxygen atoms in total. The van der Waals surface area contributed by atoms with Crippen molar-refractivity contribution in [2.75, 3.05) is 6.54 Å². The Bertz CT molecular complexity index is 734. The number of rotatable bonds is 6. The van der Waals surface area contributed by atoms with E-state index in [0.29, 0.717) is 24.1 Å². The number of sulfonamides is 1. The molecule has 108 valence electrons. The highest BCUT2D eigenvalue weighted by atomic mass is 32.2. The van der Waals surface area contributed by atoms with E-state index < -0.39 is 10.0 Å². The lowest BCUT2D eigenvalue weighted by atomic mass is 10.1. The fourth-order valence-electron chi connectivity index (χ4n) is 2.01. The molecule has 1 N–H and O–H groups in total. The summed E-state index contributed by atoms with van der Waals surface area (Å²) >= 11 is 0. The van der Waals surface area contributed by atoms with Crippen molar-refractivity contribution < 1.29 is 8.42 Å². The summed E-state index contributed by atoms with van der Waals surface area (Å²) in [6.45, 7) is 0.348.